The molecule has 6 heteroatoms. The second-order valence-electron chi connectivity index (χ2n) is 6.57. The molecule has 1 heterocycles. The van der Waals surface area contributed by atoms with Crippen molar-refractivity contribution in [3.63, 3.8) is 0 Å². The van der Waals surface area contributed by atoms with E-state index >= 15 is 0 Å². The Morgan fingerprint density at radius 1 is 1.19 bits per heavy atom. The summed E-state index contributed by atoms with van der Waals surface area (Å²) in [4.78, 5) is 12.3. The van der Waals surface area contributed by atoms with E-state index in [0.29, 0.717) is 0 Å². The summed E-state index contributed by atoms with van der Waals surface area (Å²) < 4.78 is 23.0. The maximum Gasteiger partial charge on any atom is 0.223 e. The van der Waals surface area contributed by atoms with Crippen molar-refractivity contribution in [2.75, 3.05) is 11.5 Å². The summed E-state index contributed by atoms with van der Waals surface area (Å²) in [6, 6.07) is -0.415. The Labute approximate surface area is 132 Å². The van der Waals surface area contributed by atoms with E-state index in [1.165, 1.54) is 19.3 Å². The van der Waals surface area contributed by atoms with E-state index in [0.717, 1.165) is 31.6 Å². The first-order valence-electron chi connectivity index (χ1n) is 8.06. The second-order valence-corrected chi connectivity index (χ2v) is 9.28. The van der Waals surface area contributed by atoms with Gasteiger partial charge in [0.25, 0.3) is 0 Å². The fourth-order valence-corrected chi connectivity index (χ4v) is 5.99. The molecular formula is C15H26ClNO3S. The van der Waals surface area contributed by atoms with Gasteiger partial charge < -0.3 is 5.32 Å². The Kier molecular flexibility index (Phi) is 5.95. The molecule has 2 atom stereocenters. The minimum Gasteiger partial charge on any atom is -0.351 e. The third-order valence-electron chi connectivity index (χ3n) is 4.79. The van der Waals surface area contributed by atoms with Crippen molar-refractivity contribution >= 4 is 27.3 Å². The highest BCUT2D eigenvalue weighted by molar-refractivity contribution is 7.91. The van der Waals surface area contributed by atoms with Crippen LogP contribution in [0.25, 0.3) is 0 Å². The van der Waals surface area contributed by atoms with Crippen LogP contribution in [0.4, 0.5) is 0 Å². The molecule has 21 heavy (non-hydrogen) atoms. The van der Waals surface area contributed by atoms with Gasteiger partial charge in [0.2, 0.25) is 5.91 Å². The summed E-state index contributed by atoms with van der Waals surface area (Å²) in [6.07, 6.45) is 7.86. The van der Waals surface area contributed by atoms with Crippen LogP contribution in [-0.2, 0) is 14.6 Å². The van der Waals surface area contributed by atoms with Crippen LogP contribution in [-0.4, -0.2) is 37.2 Å². The third-order valence-corrected chi connectivity index (χ3v) is 7.17. The van der Waals surface area contributed by atoms with Gasteiger partial charge in [0, 0.05) is 5.92 Å². The Morgan fingerprint density at radius 3 is 2.38 bits per heavy atom. The largest absolute Gasteiger partial charge is 0.351 e. The number of nitrogens with one attached hydrogen (secondary N) is 1. The molecule has 0 aromatic rings. The molecule has 2 fully saturated rings. The van der Waals surface area contributed by atoms with Crippen LogP contribution in [0, 0.1) is 11.8 Å². The Balaban J connectivity index is 1.78. The number of alkyl halides is 1. The average Bonchev–Trinajstić information content (AvgIpc) is 2.69. The molecule has 0 aromatic carbocycles. The number of carbonyl (C=O) groups is 1. The normalized spacial score (nSPS) is 35.5. The lowest BCUT2D eigenvalue weighted by atomic mass is 9.79. The highest BCUT2D eigenvalue weighted by Crippen LogP contribution is 2.32. The number of halogens is 1. The van der Waals surface area contributed by atoms with Gasteiger partial charge in [-0.3, -0.25) is 4.79 Å². The van der Waals surface area contributed by atoms with Gasteiger partial charge in [-0.15, -0.1) is 11.6 Å². The number of rotatable bonds is 5. The van der Waals surface area contributed by atoms with Crippen LogP contribution in [0.1, 0.15) is 51.9 Å². The molecule has 2 rings (SSSR count). The van der Waals surface area contributed by atoms with E-state index in [1.54, 1.807) is 0 Å². The van der Waals surface area contributed by atoms with Crippen molar-refractivity contribution in [2.24, 2.45) is 11.8 Å². The first-order valence-corrected chi connectivity index (χ1v) is 10.3. The predicted octanol–water partition coefficient (Wildman–Crippen LogP) is 2.50. The standard InChI is InChI=1S/C15H26ClNO3S/c1-2-3-4-11-5-7-12(8-6-11)15(18)17-14-10-21(19,20)9-13(14)16/h11-14H,2-10H2,1H3,(H,17,18). The number of hydrogen-bond donors (Lipinski definition) is 1. The number of unbranched alkanes of at least 4 members (excludes halogenated alkanes) is 1. The highest BCUT2D eigenvalue weighted by Gasteiger charge is 2.38. The lowest BCUT2D eigenvalue weighted by Gasteiger charge is -2.28. The molecule has 0 bridgehead atoms. The Bertz CT molecular complexity index is 458. The molecule has 1 aliphatic heterocycles. The quantitative estimate of drug-likeness (QED) is 0.785. The summed E-state index contributed by atoms with van der Waals surface area (Å²) in [5, 5.41) is 2.38. The molecule has 2 aliphatic rings. The van der Waals surface area contributed by atoms with Gasteiger partial charge in [-0.25, -0.2) is 8.42 Å². The minimum atomic E-state index is -3.09. The van der Waals surface area contributed by atoms with Crippen LogP contribution in [0.5, 0.6) is 0 Å². The van der Waals surface area contributed by atoms with Crippen LogP contribution in [0.15, 0.2) is 0 Å². The van der Waals surface area contributed by atoms with Gasteiger partial charge in [-0.05, 0) is 31.6 Å². The summed E-state index contributed by atoms with van der Waals surface area (Å²) in [5.74, 6) is 0.760. The molecule has 1 saturated carbocycles. The van der Waals surface area contributed by atoms with E-state index in [-0.39, 0.29) is 23.3 Å². The lowest BCUT2D eigenvalue weighted by Crippen LogP contribution is -2.44. The molecule has 0 radical (unpaired) electrons. The summed E-state index contributed by atoms with van der Waals surface area (Å²) in [6.45, 7) is 2.21. The van der Waals surface area contributed by atoms with E-state index in [2.05, 4.69) is 12.2 Å². The minimum absolute atomic E-state index is 0.00306. The van der Waals surface area contributed by atoms with E-state index < -0.39 is 21.3 Å². The number of amides is 1. The van der Waals surface area contributed by atoms with Crippen LogP contribution in [0.2, 0.25) is 0 Å². The Hall–Kier alpha value is -0.290. The average molecular weight is 336 g/mol. The predicted molar refractivity (Wildman–Crippen MR) is 85.2 cm³/mol. The molecular weight excluding hydrogens is 310 g/mol. The molecule has 1 N–H and O–H groups in total. The Morgan fingerprint density at radius 2 is 1.86 bits per heavy atom. The lowest BCUT2D eigenvalue weighted by molar-refractivity contribution is -0.126. The molecule has 0 aromatic heterocycles. The number of carbonyl (C=O) groups excluding carboxylic acids is 1. The van der Waals surface area contributed by atoms with Crippen LogP contribution >= 0.6 is 11.6 Å². The fraction of sp³-hybridized carbons (Fsp3) is 0.933. The molecule has 122 valence electrons. The van der Waals surface area contributed by atoms with Crippen molar-refractivity contribution < 1.29 is 13.2 Å². The molecule has 4 nitrogen and oxygen atoms in total. The molecule has 1 saturated heterocycles. The van der Waals surface area contributed by atoms with Crippen molar-refractivity contribution in [1.29, 1.82) is 0 Å². The number of sulfone groups is 1. The topological polar surface area (TPSA) is 63.2 Å². The summed E-state index contributed by atoms with van der Waals surface area (Å²) >= 11 is 6.03. The zero-order valence-corrected chi connectivity index (χ0v) is 14.3. The van der Waals surface area contributed by atoms with Crippen molar-refractivity contribution in [1.82, 2.24) is 5.32 Å². The van der Waals surface area contributed by atoms with Crippen molar-refractivity contribution in [2.45, 2.75) is 63.3 Å². The maximum absolute atomic E-state index is 12.3. The van der Waals surface area contributed by atoms with Crippen LogP contribution in [0.3, 0.4) is 0 Å². The van der Waals surface area contributed by atoms with Gasteiger partial charge in [-0.2, -0.15) is 0 Å². The molecule has 1 amide bonds. The van der Waals surface area contributed by atoms with E-state index in [9.17, 15) is 13.2 Å². The van der Waals surface area contributed by atoms with Gasteiger partial charge in [-0.1, -0.05) is 26.2 Å². The first-order chi connectivity index (χ1) is 9.91. The molecule has 1 aliphatic carbocycles. The van der Waals surface area contributed by atoms with Crippen LogP contribution < -0.4 is 5.32 Å². The molecule has 0 spiro atoms. The summed E-state index contributed by atoms with van der Waals surface area (Å²) in [7, 11) is -3.09. The first kappa shape index (κ1) is 17.1. The van der Waals surface area contributed by atoms with Crippen molar-refractivity contribution in [3.05, 3.63) is 0 Å². The smallest absolute Gasteiger partial charge is 0.223 e. The van der Waals surface area contributed by atoms with Crippen molar-refractivity contribution in [3.8, 4) is 0 Å². The summed E-state index contributed by atoms with van der Waals surface area (Å²) in [5.41, 5.74) is 0. The SMILES string of the molecule is CCCCC1CCC(C(=O)NC2CS(=O)(=O)CC2Cl)CC1. The van der Waals surface area contributed by atoms with Gasteiger partial charge in [0.05, 0.1) is 22.9 Å². The highest BCUT2D eigenvalue weighted by atomic mass is 35.5. The van der Waals surface area contributed by atoms with E-state index in [4.69, 9.17) is 11.6 Å². The zero-order chi connectivity index (χ0) is 15.5. The second kappa shape index (κ2) is 7.32. The number of hydrogen-bond acceptors (Lipinski definition) is 3. The molecule has 2 unspecified atom stereocenters. The maximum atomic E-state index is 12.3. The van der Waals surface area contributed by atoms with Gasteiger partial charge >= 0.3 is 0 Å². The zero-order valence-electron chi connectivity index (χ0n) is 12.7. The fourth-order valence-electron chi connectivity index (χ4n) is 3.44. The monoisotopic (exact) mass is 335 g/mol. The van der Waals surface area contributed by atoms with Gasteiger partial charge in [0.1, 0.15) is 0 Å². The van der Waals surface area contributed by atoms with E-state index in [1.807, 2.05) is 0 Å². The third kappa shape index (κ3) is 4.85. The van der Waals surface area contributed by atoms with Gasteiger partial charge in [0.15, 0.2) is 9.84 Å².